The van der Waals surface area contributed by atoms with Crippen LogP contribution in [0.1, 0.15) is 33.6 Å². The lowest BCUT2D eigenvalue weighted by Gasteiger charge is -2.20. The summed E-state index contributed by atoms with van der Waals surface area (Å²) in [6.07, 6.45) is 2.40. The second-order valence-corrected chi connectivity index (χ2v) is 5.13. The minimum Gasteiger partial charge on any atom is -0.431 e. The molecule has 0 aromatic heterocycles. The van der Waals surface area contributed by atoms with Gasteiger partial charge in [0.25, 0.3) is 0 Å². The molecule has 0 spiro atoms. The Balaban J connectivity index is 2.17. The van der Waals surface area contributed by atoms with Gasteiger partial charge in [0.15, 0.2) is 0 Å². The van der Waals surface area contributed by atoms with Crippen molar-refractivity contribution < 1.29 is 14.3 Å². The molecule has 0 unspecified atom stereocenters. The molecule has 3 heteroatoms. The van der Waals surface area contributed by atoms with Gasteiger partial charge in [-0.05, 0) is 37.2 Å². The largest absolute Gasteiger partial charge is 0.431 e. The van der Waals surface area contributed by atoms with Crippen molar-refractivity contribution in [1.29, 1.82) is 0 Å². The Morgan fingerprint density at radius 1 is 1.44 bits per heavy atom. The van der Waals surface area contributed by atoms with Crippen molar-refractivity contribution >= 4 is 5.97 Å². The lowest BCUT2D eigenvalue weighted by molar-refractivity contribution is -0.137. The highest BCUT2D eigenvalue weighted by molar-refractivity contribution is 5.67. The summed E-state index contributed by atoms with van der Waals surface area (Å²) in [5.74, 6) is 2.17. The molecule has 90 valence electrons. The van der Waals surface area contributed by atoms with Crippen LogP contribution >= 0.6 is 0 Å². The molecule has 4 atom stereocenters. The van der Waals surface area contributed by atoms with Crippen LogP contribution in [0.15, 0.2) is 11.3 Å². The van der Waals surface area contributed by atoms with Crippen LogP contribution in [0.2, 0.25) is 0 Å². The van der Waals surface area contributed by atoms with Crippen LogP contribution in [-0.2, 0) is 14.3 Å². The van der Waals surface area contributed by atoms with Gasteiger partial charge in [0.05, 0.1) is 6.10 Å². The topological polar surface area (TPSA) is 35.5 Å². The first-order valence-electron chi connectivity index (χ1n) is 5.95. The molecule has 2 rings (SSSR count). The van der Waals surface area contributed by atoms with Crippen molar-refractivity contribution in [1.82, 2.24) is 0 Å². The van der Waals surface area contributed by atoms with Crippen LogP contribution in [0.25, 0.3) is 0 Å². The quantitative estimate of drug-likeness (QED) is 0.676. The van der Waals surface area contributed by atoms with Gasteiger partial charge in [-0.15, -0.1) is 0 Å². The van der Waals surface area contributed by atoms with E-state index in [0.29, 0.717) is 23.9 Å². The fourth-order valence-electron chi connectivity index (χ4n) is 3.42. The predicted octanol–water partition coefficient (Wildman–Crippen LogP) is 2.51. The third-order valence-corrected chi connectivity index (χ3v) is 3.95. The van der Waals surface area contributed by atoms with E-state index < -0.39 is 0 Å². The van der Waals surface area contributed by atoms with E-state index in [2.05, 4.69) is 13.8 Å². The SMILES string of the molecule is CO[C@@H]1[C@H]2CC(C)=C(OC(C)=O)[C@H]2C[C@H]1C. The van der Waals surface area contributed by atoms with Gasteiger partial charge >= 0.3 is 5.97 Å². The molecule has 2 aliphatic carbocycles. The van der Waals surface area contributed by atoms with Crippen LogP contribution in [0.3, 0.4) is 0 Å². The number of methoxy groups -OCH3 is 1. The first-order chi connectivity index (χ1) is 7.54. The van der Waals surface area contributed by atoms with E-state index in [-0.39, 0.29) is 5.97 Å². The van der Waals surface area contributed by atoms with E-state index in [1.807, 2.05) is 0 Å². The maximum Gasteiger partial charge on any atom is 0.307 e. The van der Waals surface area contributed by atoms with Crippen molar-refractivity contribution in [2.45, 2.75) is 39.7 Å². The van der Waals surface area contributed by atoms with Crippen molar-refractivity contribution in [3.63, 3.8) is 0 Å². The van der Waals surface area contributed by atoms with Gasteiger partial charge in [0.2, 0.25) is 0 Å². The first-order valence-corrected chi connectivity index (χ1v) is 5.95. The van der Waals surface area contributed by atoms with E-state index >= 15 is 0 Å². The molecule has 0 amide bonds. The Kier molecular flexibility index (Phi) is 3.06. The van der Waals surface area contributed by atoms with Gasteiger partial charge in [-0.2, -0.15) is 0 Å². The maximum atomic E-state index is 11.1. The molecule has 3 nitrogen and oxygen atoms in total. The van der Waals surface area contributed by atoms with Gasteiger partial charge in [0, 0.05) is 20.0 Å². The molecule has 0 aromatic rings. The predicted molar refractivity (Wildman–Crippen MR) is 60.6 cm³/mol. The molecule has 0 heterocycles. The number of carbonyl (C=O) groups is 1. The minimum absolute atomic E-state index is 0.205. The van der Waals surface area contributed by atoms with E-state index in [9.17, 15) is 4.79 Å². The molecule has 0 N–H and O–H groups in total. The number of rotatable bonds is 2. The van der Waals surface area contributed by atoms with Gasteiger partial charge in [-0.1, -0.05) is 6.92 Å². The molecule has 0 bridgehead atoms. The molecular formula is C13H20O3. The molecule has 0 aromatic carbocycles. The number of hydrogen-bond acceptors (Lipinski definition) is 3. The summed E-state index contributed by atoms with van der Waals surface area (Å²) in [4.78, 5) is 11.1. The molecular weight excluding hydrogens is 204 g/mol. The van der Waals surface area contributed by atoms with Crippen molar-refractivity contribution in [2.24, 2.45) is 17.8 Å². The average molecular weight is 224 g/mol. The highest BCUT2D eigenvalue weighted by Gasteiger charge is 2.48. The Morgan fingerprint density at radius 2 is 2.12 bits per heavy atom. The smallest absolute Gasteiger partial charge is 0.307 e. The molecule has 0 radical (unpaired) electrons. The summed E-state index contributed by atoms with van der Waals surface area (Å²) >= 11 is 0. The lowest BCUT2D eigenvalue weighted by atomic mass is 9.96. The maximum absolute atomic E-state index is 11.1. The van der Waals surface area contributed by atoms with E-state index in [1.165, 1.54) is 12.5 Å². The molecule has 1 fully saturated rings. The van der Waals surface area contributed by atoms with Crippen LogP contribution in [0.5, 0.6) is 0 Å². The summed E-state index contributed by atoms with van der Waals surface area (Å²) in [6, 6.07) is 0. The number of hydrogen-bond donors (Lipinski definition) is 0. The summed E-state index contributed by atoms with van der Waals surface area (Å²) in [6.45, 7) is 5.75. The van der Waals surface area contributed by atoms with Gasteiger partial charge in [-0.3, -0.25) is 4.79 Å². The summed E-state index contributed by atoms with van der Waals surface area (Å²) < 4.78 is 10.9. The summed E-state index contributed by atoms with van der Waals surface area (Å²) in [7, 11) is 1.78. The highest BCUT2D eigenvalue weighted by atomic mass is 16.5. The van der Waals surface area contributed by atoms with Crippen molar-refractivity contribution in [3.05, 3.63) is 11.3 Å². The number of carbonyl (C=O) groups excluding carboxylic acids is 1. The average Bonchev–Trinajstić information content (AvgIpc) is 2.63. The number of fused-ring (bicyclic) bond motifs is 1. The highest BCUT2D eigenvalue weighted by Crippen LogP contribution is 2.50. The molecule has 1 saturated carbocycles. The molecule has 0 aliphatic heterocycles. The first kappa shape index (κ1) is 11.6. The second-order valence-electron chi connectivity index (χ2n) is 5.13. The van der Waals surface area contributed by atoms with Crippen LogP contribution in [0.4, 0.5) is 0 Å². The Hall–Kier alpha value is -0.830. The monoisotopic (exact) mass is 224 g/mol. The van der Waals surface area contributed by atoms with Crippen molar-refractivity contribution in [2.75, 3.05) is 7.11 Å². The van der Waals surface area contributed by atoms with Gasteiger partial charge in [0.1, 0.15) is 5.76 Å². The van der Waals surface area contributed by atoms with E-state index in [0.717, 1.165) is 18.6 Å². The van der Waals surface area contributed by atoms with Gasteiger partial charge in [-0.25, -0.2) is 0 Å². The molecule has 0 saturated heterocycles. The van der Waals surface area contributed by atoms with Gasteiger partial charge < -0.3 is 9.47 Å². The minimum atomic E-state index is -0.205. The van der Waals surface area contributed by atoms with Crippen molar-refractivity contribution in [3.8, 4) is 0 Å². The number of ether oxygens (including phenoxy) is 2. The number of allylic oxidation sites excluding steroid dienone is 2. The standard InChI is InChI=1S/C13H20O3/c1-7-5-11-10(12(7)15-4)6-8(2)13(11)16-9(3)14/h7,10-12H,5-6H2,1-4H3/t7-,10+,11+,12+/m1/s1. The zero-order valence-corrected chi connectivity index (χ0v) is 10.4. The number of esters is 1. The Morgan fingerprint density at radius 3 is 2.69 bits per heavy atom. The zero-order valence-electron chi connectivity index (χ0n) is 10.4. The third kappa shape index (κ3) is 1.77. The third-order valence-electron chi connectivity index (χ3n) is 3.95. The Bertz CT molecular complexity index is 332. The Labute approximate surface area is 96.8 Å². The summed E-state index contributed by atoms with van der Waals surface area (Å²) in [5.41, 5.74) is 1.22. The fourth-order valence-corrected chi connectivity index (χ4v) is 3.42. The van der Waals surface area contributed by atoms with E-state index in [1.54, 1.807) is 7.11 Å². The fraction of sp³-hybridized carbons (Fsp3) is 0.769. The lowest BCUT2D eigenvalue weighted by Crippen LogP contribution is -2.22. The van der Waals surface area contributed by atoms with Crippen LogP contribution in [-0.4, -0.2) is 19.2 Å². The van der Waals surface area contributed by atoms with E-state index in [4.69, 9.17) is 9.47 Å². The summed E-state index contributed by atoms with van der Waals surface area (Å²) in [5, 5.41) is 0. The van der Waals surface area contributed by atoms with Crippen LogP contribution < -0.4 is 0 Å². The molecule has 2 aliphatic rings. The second kappa shape index (κ2) is 4.21. The normalized spacial score (nSPS) is 37.8. The molecule has 16 heavy (non-hydrogen) atoms. The zero-order chi connectivity index (χ0) is 11.9. The van der Waals surface area contributed by atoms with Crippen LogP contribution in [0, 0.1) is 17.8 Å².